The maximum atomic E-state index is 12.0. The van der Waals surface area contributed by atoms with Gasteiger partial charge in [0, 0.05) is 29.4 Å². The lowest BCUT2D eigenvalue weighted by molar-refractivity contribution is 0.0984. The first kappa shape index (κ1) is 21.4. The van der Waals surface area contributed by atoms with E-state index in [9.17, 15) is 13.9 Å². The number of anilines is 2. The van der Waals surface area contributed by atoms with Crippen LogP contribution in [-0.2, 0) is 10.5 Å². The van der Waals surface area contributed by atoms with E-state index in [0.29, 0.717) is 43.0 Å². The Hall–Kier alpha value is -2.40. The second-order valence-electron chi connectivity index (χ2n) is 8.80. The van der Waals surface area contributed by atoms with Crippen molar-refractivity contribution in [3.8, 4) is 11.4 Å². The summed E-state index contributed by atoms with van der Waals surface area (Å²) in [6.45, 7) is 5.81. The summed E-state index contributed by atoms with van der Waals surface area (Å²) in [6.07, 6.45) is 2.07. The molecule has 5 rings (SSSR count). The topological polar surface area (TPSA) is 120 Å². The van der Waals surface area contributed by atoms with Gasteiger partial charge in [0.2, 0.25) is 0 Å². The summed E-state index contributed by atoms with van der Waals surface area (Å²) in [4.78, 5) is 23.8. The molecule has 4 N–H and O–H groups in total. The van der Waals surface area contributed by atoms with Gasteiger partial charge in [-0.3, -0.25) is 9.11 Å². The number of carbonyl (C=O) groups is 1. The van der Waals surface area contributed by atoms with Crippen LogP contribution in [0.4, 0.5) is 16.3 Å². The van der Waals surface area contributed by atoms with Gasteiger partial charge < -0.3 is 20.3 Å². The molecule has 2 aromatic rings. The van der Waals surface area contributed by atoms with Crippen molar-refractivity contribution in [2.75, 3.05) is 30.0 Å². The zero-order valence-corrected chi connectivity index (χ0v) is 19.1. The highest BCUT2D eigenvalue weighted by molar-refractivity contribution is 8.24. The third kappa shape index (κ3) is 4.15. The quantitative estimate of drug-likeness (QED) is 0.546. The van der Waals surface area contributed by atoms with Crippen LogP contribution < -0.4 is 15.5 Å². The molecule has 0 spiro atoms. The first-order valence-electron chi connectivity index (χ1n) is 11.0. The van der Waals surface area contributed by atoms with E-state index in [1.807, 2.05) is 31.2 Å². The van der Waals surface area contributed by atoms with Crippen LogP contribution in [-0.4, -0.2) is 56.9 Å². The van der Waals surface area contributed by atoms with Gasteiger partial charge >= 0.3 is 6.03 Å². The van der Waals surface area contributed by atoms with Crippen molar-refractivity contribution in [3.63, 3.8) is 0 Å². The molecule has 2 atom stereocenters. The molecule has 1 aliphatic carbocycles. The fourth-order valence-corrected chi connectivity index (χ4v) is 5.71. The molecule has 3 aliphatic rings. The molecule has 9 nitrogen and oxygen atoms in total. The molecule has 2 aliphatic heterocycles. The zero-order valence-electron chi connectivity index (χ0n) is 18.2. The van der Waals surface area contributed by atoms with Gasteiger partial charge in [-0.2, -0.15) is 10.6 Å². The minimum Gasteiger partial charge on any atom is -0.377 e. The third-order valence-electron chi connectivity index (χ3n) is 6.28. The number of urea groups is 1. The Morgan fingerprint density at radius 1 is 1.19 bits per heavy atom. The molecule has 2 fully saturated rings. The van der Waals surface area contributed by atoms with E-state index in [0.717, 1.165) is 29.8 Å². The minimum atomic E-state index is -2.80. The molecule has 1 aromatic heterocycles. The van der Waals surface area contributed by atoms with Gasteiger partial charge in [0.05, 0.1) is 36.0 Å². The molecule has 1 unspecified atom stereocenters. The van der Waals surface area contributed by atoms with Gasteiger partial charge in [-0.1, -0.05) is 0 Å². The van der Waals surface area contributed by atoms with Gasteiger partial charge in [-0.15, -0.1) is 0 Å². The molecule has 0 radical (unpaired) electrons. The van der Waals surface area contributed by atoms with Crippen molar-refractivity contribution < 1.29 is 18.6 Å². The van der Waals surface area contributed by atoms with Crippen molar-refractivity contribution in [1.82, 2.24) is 15.3 Å². The molecule has 10 heteroatoms. The van der Waals surface area contributed by atoms with Crippen molar-refractivity contribution in [2.24, 2.45) is 0 Å². The highest BCUT2D eigenvalue weighted by Crippen LogP contribution is 2.63. The van der Waals surface area contributed by atoms with Gasteiger partial charge in [0.25, 0.3) is 0 Å². The fraction of sp³-hybridized carbons (Fsp3) is 0.500. The molecule has 172 valence electrons. The summed E-state index contributed by atoms with van der Waals surface area (Å²) in [6, 6.07) is 7.62. The Balaban J connectivity index is 1.46. The number of ether oxygens (including phenoxy) is 1. The summed E-state index contributed by atoms with van der Waals surface area (Å²) in [5.74, 6) is 1.44. The Kier molecular flexibility index (Phi) is 5.48. The first-order valence-corrected chi connectivity index (χ1v) is 12.8. The molecule has 32 heavy (non-hydrogen) atoms. The molecule has 1 saturated carbocycles. The standard InChI is InChI=1S/C22H29N5O4S/c1-13-11-31-10-9-27(13)21-19-14(2)32(29,30)12-18(19)25-20(26-21)15-3-5-16(6-4-15)23-22(28)24-17-7-8-17/h3-6,13-14,17,29-30H,7-12H2,1-2H3,(H2,23,24,28)/t13-,14?/m0/s1. The van der Waals surface area contributed by atoms with Gasteiger partial charge in [0.15, 0.2) is 5.82 Å². The summed E-state index contributed by atoms with van der Waals surface area (Å²) in [5.41, 5.74) is 3.02. The van der Waals surface area contributed by atoms with Crippen molar-refractivity contribution >= 4 is 28.1 Å². The van der Waals surface area contributed by atoms with E-state index < -0.39 is 15.8 Å². The largest absolute Gasteiger partial charge is 0.377 e. The van der Waals surface area contributed by atoms with Crippen LogP contribution in [0, 0.1) is 0 Å². The second-order valence-corrected chi connectivity index (χ2v) is 11.2. The molecule has 1 saturated heterocycles. The molecular formula is C22H29N5O4S. The molecule has 1 aromatic carbocycles. The van der Waals surface area contributed by atoms with Crippen LogP contribution in [0.15, 0.2) is 24.3 Å². The number of rotatable bonds is 4. The highest BCUT2D eigenvalue weighted by atomic mass is 32.3. The molecule has 3 heterocycles. The SMILES string of the molecule is CC1c2c(nc(-c3ccc(NC(=O)NC4CC4)cc3)nc2N2CCOC[C@@H]2C)CS1(O)O. The van der Waals surface area contributed by atoms with Crippen molar-refractivity contribution in [1.29, 1.82) is 0 Å². The van der Waals surface area contributed by atoms with Crippen LogP contribution in [0.3, 0.4) is 0 Å². The van der Waals surface area contributed by atoms with Gasteiger partial charge in [-0.05, 0) is 51.0 Å². The molecule has 2 amide bonds. The Bertz CT molecular complexity index is 1030. The number of aromatic nitrogens is 2. The fourth-order valence-electron chi connectivity index (χ4n) is 4.22. The van der Waals surface area contributed by atoms with E-state index >= 15 is 0 Å². The number of amides is 2. The first-order chi connectivity index (χ1) is 15.3. The summed E-state index contributed by atoms with van der Waals surface area (Å²) < 4.78 is 26.8. The molecular weight excluding hydrogens is 430 g/mol. The molecule has 0 bridgehead atoms. The Morgan fingerprint density at radius 3 is 2.62 bits per heavy atom. The number of benzene rings is 1. The summed E-state index contributed by atoms with van der Waals surface area (Å²) in [5, 5.41) is 5.34. The average Bonchev–Trinajstić information content (AvgIpc) is 3.53. The number of hydrogen-bond acceptors (Lipinski definition) is 7. The summed E-state index contributed by atoms with van der Waals surface area (Å²) in [7, 11) is -2.80. The smallest absolute Gasteiger partial charge is 0.319 e. The van der Waals surface area contributed by atoms with E-state index in [1.54, 1.807) is 0 Å². The monoisotopic (exact) mass is 459 g/mol. The zero-order chi connectivity index (χ0) is 22.5. The normalized spacial score (nSPS) is 25.2. The van der Waals surface area contributed by atoms with Crippen LogP contribution in [0.1, 0.15) is 43.2 Å². The van der Waals surface area contributed by atoms with Crippen molar-refractivity contribution in [2.45, 2.75) is 49.8 Å². The third-order valence-corrected chi connectivity index (χ3v) is 8.35. The number of hydrogen-bond donors (Lipinski definition) is 4. The van der Waals surface area contributed by atoms with Crippen LogP contribution >= 0.6 is 10.6 Å². The van der Waals surface area contributed by atoms with E-state index in [2.05, 4.69) is 22.5 Å². The van der Waals surface area contributed by atoms with Crippen LogP contribution in [0.25, 0.3) is 11.4 Å². The van der Waals surface area contributed by atoms with E-state index in [1.165, 1.54) is 0 Å². The average molecular weight is 460 g/mol. The lowest BCUT2D eigenvalue weighted by Gasteiger charge is -2.37. The number of fused-ring (bicyclic) bond motifs is 1. The maximum Gasteiger partial charge on any atom is 0.319 e. The number of carbonyl (C=O) groups excluding carboxylic acids is 1. The maximum absolute atomic E-state index is 12.0. The van der Waals surface area contributed by atoms with Gasteiger partial charge in [0.1, 0.15) is 5.82 Å². The second kappa shape index (κ2) is 8.18. The number of morpholine rings is 1. The Labute approximate surface area is 188 Å². The minimum absolute atomic E-state index is 0.127. The lowest BCUT2D eigenvalue weighted by atomic mass is 10.1. The summed E-state index contributed by atoms with van der Waals surface area (Å²) >= 11 is 0. The van der Waals surface area contributed by atoms with Crippen molar-refractivity contribution in [3.05, 3.63) is 35.5 Å². The predicted octanol–water partition coefficient (Wildman–Crippen LogP) is 3.98. The Morgan fingerprint density at radius 2 is 1.94 bits per heavy atom. The number of nitrogens with zero attached hydrogens (tertiary/aromatic N) is 3. The van der Waals surface area contributed by atoms with Gasteiger partial charge in [-0.25, -0.2) is 14.8 Å². The van der Waals surface area contributed by atoms with Crippen LogP contribution in [0.2, 0.25) is 0 Å². The highest BCUT2D eigenvalue weighted by Gasteiger charge is 2.40. The predicted molar refractivity (Wildman–Crippen MR) is 125 cm³/mol. The van der Waals surface area contributed by atoms with E-state index in [-0.39, 0.29) is 17.8 Å². The van der Waals surface area contributed by atoms with E-state index in [4.69, 9.17) is 14.7 Å². The van der Waals surface area contributed by atoms with Crippen LogP contribution in [0.5, 0.6) is 0 Å². The lowest BCUT2D eigenvalue weighted by Crippen LogP contribution is -2.44. The number of nitrogens with one attached hydrogen (secondary N) is 2.